The smallest absolute Gasteiger partial charge is 0.147 e. The third kappa shape index (κ3) is 2.34. The van der Waals surface area contributed by atoms with Gasteiger partial charge in [-0.2, -0.15) is 0 Å². The van der Waals surface area contributed by atoms with Crippen molar-refractivity contribution in [2.24, 2.45) is 5.92 Å². The monoisotopic (exact) mass is 246 g/mol. The lowest BCUT2D eigenvalue weighted by Crippen LogP contribution is -2.33. The first kappa shape index (κ1) is 11.9. The van der Waals surface area contributed by atoms with Crippen LogP contribution in [0, 0.1) is 5.92 Å². The number of anilines is 1. The van der Waals surface area contributed by atoms with Crippen LogP contribution in [0.1, 0.15) is 38.3 Å². The zero-order valence-electron chi connectivity index (χ0n) is 11.1. The number of fused-ring (bicyclic) bond motifs is 2. The highest BCUT2D eigenvalue weighted by Crippen LogP contribution is 2.39. The Morgan fingerprint density at radius 2 is 2.33 bits per heavy atom. The maximum Gasteiger partial charge on any atom is 0.147 e. The van der Waals surface area contributed by atoms with E-state index in [0.29, 0.717) is 0 Å². The van der Waals surface area contributed by atoms with Crippen molar-refractivity contribution in [3.63, 3.8) is 0 Å². The molecule has 98 valence electrons. The van der Waals surface area contributed by atoms with Crippen molar-refractivity contribution in [2.75, 3.05) is 18.0 Å². The molecule has 4 heteroatoms. The second-order valence-corrected chi connectivity index (χ2v) is 5.53. The zero-order chi connectivity index (χ0) is 12.4. The van der Waals surface area contributed by atoms with Crippen LogP contribution in [-0.4, -0.2) is 29.1 Å². The molecule has 1 aromatic rings. The Labute approximate surface area is 109 Å². The molecule has 2 heterocycles. The van der Waals surface area contributed by atoms with Crippen molar-refractivity contribution in [3.05, 3.63) is 18.1 Å². The van der Waals surface area contributed by atoms with Gasteiger partial charge in [-0.15, -0.1) is 0 Å². The second kappa shape index (κ2) is 5.22. The molecule has 1 saturated carbocycles. The zero-order valence-corrected chi connectivity index (χ0v) is 11.1. The molecule has 0 radical (unpaired) electrons. The van der Waals surface area contributed by atoms with E-state index < -0.39 is 0 Å². The SMILES string of the molecule is CCCNCc1cncc(N2CC3CCC2C3)n1. The summed E-state index contributed by atoms with van der Waals surface area (Å²) in [4.78, 5) is 11.6. The number of nitrogens with zero attached hydrogens (tertiary/aromatic N) is 3. The molecule has 1 aliphatic heterocycles. The number of aromatic nitrogens is 2. The maximum atomic E-state index is 4.75. The van der Waals surface area contributed by atoms with Crippen molar-refractivity contribution in [2.45, 2.75) is 45.2 Å². The summed E-state index contributed by atoms with van der Waals surface area (Å²) in [6.07, 6.45) is 9.06. The van der Waals surface area contributed by atoms with Crippen molar-refractivity contribution in [1.82, 2.24) is 15.3 Å². The van der Waals surface area contributed by atoms with E-state index in [4.69, 9.17) is 4.98 Å². The van der Waals surface area contributed by atoms with E-state index in [-0.39, 0.29) is 0 Å². The van der Waals surface area contributed by atoms with E-state index in [1.54, 1.807) is 0 Å². The first-order valence-electron chi connectivity index (χ1n) is 7.15. The highest BCUT2D eigenvalue weighted by molar-refractivity contribution is 5.40. The Balaban J connectivity index is 1.67. The van der Waals surface area contributed by atoms with Gasteiger partial charge in [-0.25, -0.2) is 4.98 Å². The fourth-order valence-corrected chi connectivity index (χ4v) is 3.22. The molecule has 2 unspecified atom stereocenters. The molecule has 1 saturated heterocycles. The largest absolute Gasteiger partial charge is 0.352 e. The average molecular weight is 246 g/mol. The van der Waals surface area contributed by atoms with E-state index in [1.807, 2.05) is 12.4 Å². The summed E-state index contributed by atoms with van der Waals surface area (Å²) in [6.45, 7) is 5.23. The van der Waals surface area contributed by atoms with Crippen LogP contribution in [0.3, 0.4) is 0 Å². The van der Waals surface area contributed by atoms with Crippen LogP contribution < -0.4 is 10.2 Å². The highest BCUT2D eigenvalue weighted by atomic mass is 15.3. The summed E-state index contributed by atoms with van der Waals surface area (Å²) in [5, 5.41) is 3.38. The quantitative estimate of drug-likeness (QED) is 0.806. The average Bonchev–Trinajstić information content (AvgIpc) is 3.02. The second-order valence-electron chi connectivity index (χ2n) is 5.53. The standard InChI is InChI=1S/C14H22N4/c1-2-5-15-7-12-8-16-9-14(17-12)18-10-11-3-4-13(18)6-11/h8-9,11,13,15H,2-7,10H2,1H3. The van der Waals surface area contributed by atoms with E-state index >= 15 is 0 Å². The highest BCUT2D eigenvalue weighted by Gasteiger charge is 2.38. The first-order chi connectivity index (χ1) is 8.86. The minimum absolute atomic E-state index is 0.725. The topological polar surface area (TPSA) is 41.1 Å². The van der Waals surface area contributed by atoms with Crippen LogP contribution in [0.5, 0.6) is 0 Å². The van der Waals surface area contributed by atoms with Gasteiger partial charge in [0, 0.05) is 25.3 Å². The Bertz CT molecular complexity index is 407. The van der Waals surface area contributed by atoms with Gasteiger partial charge in [-0.3, -0.25) is 4.98 Å². The molecule has 4 nitrogen and oxygen atoms in total. The fourth-order valence-electron chi connectivity index (χ4n) is 3.22. The molecule has 0 amide bonds. The molecular formula is C14H22N4. The van der Waals surface area contributed by atoms with Gasteiger partial charge >= 0.3 is 0 Å². The summed E-state index contributed by atoms with van der Waals surface area (Å²) < 4.78 is 0. The Hall–Kier alpha value is -1.16. The molecule has 2 atom stereocenters. The van der Waals surface area contributed by atoms with Crippen molar-refractivity contribution >= 4 is 5.82 Å². The molecule has 0 aromatic carbocycles. The molecule has 0 spiro atoms. The lowest BCUT2D eigenvalue weighted by atomic mass is 10.1. The number of hydrogen-bond donors (Lipinski definition) is 1. The van der Waals surface area contributed by atoms with Gasteiger partial charge in [0.2, 0.25) is 0 Å². The molecule has 2 fully saturated rings. The van der Waals surface area contributed by atoms with Crippen LogP contribution in [0.4, 0.5) is 5.82 Å². The molecule has 1 N–H and O–H groups in total. The van der Waals surface area contributed by atoms with Gasteiger partial charge in [-0.1, -0.05) is 6.92 Å². The van der Waals surface area contributed by atoms with Gasteiger partial charge in [0.1, 0.15) is 5.82 Å². The van der Waals surface area contributed by atoms with Gasteiger partial charge in [0.15, 0.2) is 0 Å². The molecule has 2 bridgehead atoms. The van der Waals surface area contributed by atoms with E-state index in [1.165, 1.54) is 25.8 Å². The number of rotatable bonds is 5. The molecule has 1 aliphatic carbocycles. The van der Waals surface area contributed by atoms with Crippen molar-refractivity contribution in [1.29, 1.82) is 0 Å². The minimum atomic E-state index is 0.725. The summed E-state index contributed by atoms with van der Waals surface area (Å²) in [5.74, 6) is 1.98. The Morgan fingerprint density at radius 1 is 1.39 bits per heavy atom. The lowest BCUT2D eigenvalue weighted by molar-refractivity contribution is 0.548. The van der Waals surface area contributed by atoms with E-state index in [2.05, 4.69) is 22.1 Å². The number of nitrogens with one attached hydrogen (secondary N) is 1. The van der Waals surface area contributed by atoms with Crippen molar-refractivity contribution < 1.29 is 0 Å². The summed E-state index contributed by atoms with van der Waals surface area (Å²) in [6, 6.07) is 0.725. The maximum absolute atomic E-state index is 4.75. The molecular weight excluding hydrogens is 224 g/mol. The molecule has 3 rings (SSSR count). The Kier molecular flexibility index (Phi) is 3.46. The van der Waals surface area contributed by atoms with Crippen molar-refractivity contribution in [3.8, 4) is 0 Å². The van der Waals surface area contributed by atoms with Crippen LogP contribution in [0.2, 0.25) is 0 Å². The van der Waals surface area contributed by atoms with Crippen LogP contribution in [0.15, 0.2) is 12.4 Å². The van der Waals surface area contributed by atoms with Crippen LogP contribution >= 0.6 is 0 Å². The third-order valence-corrected chi connectivity index (χ3v) is 4.11. The van der Waals surface area contributed by atoms with Gasteiger partial charge in [0.25, 0.3) is 0 Å². The number of hydrogen-bond acceptors (Lipinski definition) is 4. The lowest BCUT2D eigenvalue weighted by Gasteiger charge is -2.27. The number of piperidine rings is 1. The molecule has 1 aromatic heterocycles. The molecule has 2 aliphatic rings. The normalized spacial score (nSPS) is 25.9. The molecule has 18 heavy (non-hydrogen) atoms. The van der Waals surface area contributed by atoms with Gasteiger partial charge in [0.05, 0.1) is 11.9 Å². The predicted molar refractivity (Wildman–Crippen MR) is 72.5 cm³/mol. The van der Waals surface area contributed by atoms with Crippen LogP contribution in [0.25, 0.3) is 0 Å². The predicted octanol–water partition coefficient (Wildman–Crippen LogP) is 1.96. The van der Waals surface area contributed by atoms with E-state index in [9.17, 15) is 0 Å². The summed E-state index contributed by atoms with van der Waals surface area (Å²) in [5.41, 5.74) is 1.06. The van der Waals surface area contributed by atoms with Gasteiger partial charge in [-0.05, 0) is 38.1 Å². The fraction of sp³-hybridized carbons (Fsp3) is 0.714. The third-order valence-electron chi connectivity index (χ3n) is 4.11. The van der Waals surface area contributed by atoms with E-state index in [0.717, 1.165) is 43.0 Å². The first-order valence-corrected chi connectivity index (χ1v) is 7.15. The van der Waals surface area contributed by atoms with Gasteiger partial charge < -0.3 is 10.2 Å². The van der Waals surface area contributed by atoms with Crippen LogP contribution in [-0.2, 0) is 6.54 Å². The summed E-state index contributed by atoms with van der Waals surface area (Å²) >= 11 is 0. The summed E-state index contributed by atoms with van der Waals surface area (Å²) in [7, 11) is 0. The minimum Gasteiger partial charge on any atom is -0.352 e. The Morgan fingerprint density at radius 3 is 3.06 bits per heavy atom.